The fraction of sp³-hybridized carbons (Fsp3) is 0.385. The molecule has 1 aromatic rings. The van der Waals surface area contributed by atoms with Crippen LogP contribution in [0.1, 0.15) is 24.9 Å². The lowest BCUT2D eigenvalue weighted by molar-refractivity contribution is -0.137. The van der Waals surface area contributed by atoms with Crippen molar-refractivity contribution in [1.29, 1.82) is 0 Å². The summed E-state index contributed by atoms with van der Waals surface area (Å²) in [7, 11) is 1.49. The highest BCUT2D eigenvalue weighted by atomic mass is 79.9. The summed E-state index contributed by atoms with van der Waals surface area (Å²) in [6.07, 6.45) is -0.134. The number of nitrogens with zero attached hydrogens (tertiary/aromatic N) is 1. The van der Waals surface area contributed by atoms with E-state index in [1.165, 1.54) is 18.0 Å². The van der Waals surface area contributed by atoms with Gasteiger partial charge in [-0.05, 0) is 19.1 Å². The zero-order chi connectivity index (χ0) is 15.3. The number of halogens is 2. The van der Waals surface area contributed by atoms with Gasteiger partial charge in [0, 0.05) is 23.6 Å². The number of aliphatic carboxylic acids is 1. The van der Waals surface area contributed by atoms with Crippen molar-refractivity contribution in [1.82, 2.24) is 10.2 Å². The quantitative estimate of drug-likeness (QED) is 0.861. The molecule has 0 aliphatic rings. The maximum Gasteiger partial charge on any atom is 0.317 e. The van der Waals surface area contributed by atoms with Gasteiger partial charge in [-0.25, -0.2) is 9.18 Å². The highest BCUT2D eigenvalue weighted by Gasteiger charge is 2.16. The van der Waals surface area contributed by atoms with E-state index in [9.17, 15) is 14.0 Å². The molecule has 0 aliphatic carbocycles. The minimum absolute atomic E-state index is 0.0940. The van der Waals surface area contributed by atoms with E-state index in [-0.39, 0.29) is 13.0 Å². The molecular weight excluding hydrogens is 331 g/mol. The van der Waals surface area contributed by atoms with Crippen LogP contribution >= 0.6 is 15.9 Å². The van der Waals surface area contributed by atoms with E-state index < -0.39 is 23.9 Å². The Morgan fingerprint density at radius 1 is 1.50 bits per heavy atom. The summed E-state index contributed by atoms with van der Waals surface area (Å²) in [6.45, 7) is 1.76. The summed E-state index contributed by atoms with van der Waals surface area (Å²) in [6, 6.07) is 3.65. The Hall–Kier alpha value is -1.63. The second kappa shape index (κ2) is 7.23. The van der Waals surface area contributed by atoms with E-state index in [0.29, 0.717) is 10.0 Å². The molecule has 0 saturated carbocycles. The fourth-order valence-corrected chi connectivity index (χ4v) is 1.92. The van der Waals surface area contributed by atoms with E-state index in [0.717, 1.165) is 0 Å². The molecule has 0 saturated heterocycles. The van der Waals surface area contributed by atoms with Crippen molar-refractivity contribution < 1.29 is 19.1 Å². The van der Waals surface area contributed by atoms with Crippen molar-refractivity contribution in [3.63, 3.8) is 0 Å². The Balaban J connectivity index is 2.63. The van der Waals surface area contributed by atoms with Crippen LogP contribution in [0.15, 0.2) is 22.7 Å². The predicted octanol–water partition coefficient (Wildman–Crippen LogP) is 2.77. The molecule has 0 aromatic heterocycles. The second-order valence-electron chi connectivity index (χ2n) is 4.40. The highest BCUT2D eigenvalue weighted by Crippen LogP contribution is 2.20. The van der Waals surface area contributed by atoms with Gasteiger partial charge < -0.3 is 15.3 Å². The maximum absolute atomic E-state index is 13.7. The minimum atomic E-state index is -0.975. The topological polar surface area (TPSA) is 69.6 Å². The molecule has 1 aromatic carbocycles. The molecule has 1 rings (SSSR count). The zero-order valence-electron chi connectivity index (χ0n) is 11.2. The van der Waals surface area contributed by atoms with Crippen LogP contribution in [0.3, 0.4) is 0 Å². The van der Waals surface area contributed by atoms with Crippen LogP contribution in [0.2, 0.25) is 0 Å². The number of rotatable bonds is 5. The Bertz CT molecular complexity index is 510. The lowest BCUT2D eigenvalue weighted by Crippen LogP contribution is -2.39. The molecule has 1 unspecified atom stereocenters. The molecule has 0 bridgehead atoms. The lowest BCUT2D eigenvalue weighted by Gasteiger charge is -2.21. The van der Waals surface area contributed by atoms with Crippen LogP contribution in [0.5, 0.6) is 0 Å². The van der Waals surface area contributed by atoms with Crippen LogP contribution in [0, 0.1) is 5.82 Å². The molecule has 1 atom stereocenters. The summed E-state index contributed by atoms with van der Waals surface area (Å²) in [4.78, 5) is 23.5. The molecule has 0 aliphatic heterocycles. The van der Waals surface area contributed by atoms with Crippen LogP contribution < -0.4 is 5.32 Å². The summed E-state index contributed by atoms with van der Waals surface area (Å²) in [5, 5.41) is 11.2. The third-order valence-corrected chi connectivity index (χ3v) is 3.27. The molecule has 2 amide bonds. The van der Waals surface area contributed by atoms with Gasteiger partial charge in [-0.15, -0.1) is 0 Å². The van der Waals surface area contributed by atoms with Crippen LogP contribution in [0.25, 0.3) is 0 Å². The summed E-state index contributed by atoms with van der Waals surface area (Å²) in [5.41, 5.74) is 0.369. The fourth-order valence-electron chi connectivity index (χ4n) is 1.59. The molecule has 0 heterocycles. The largest absolute Gasteiger partial charge is 0.481 e. The summed E-state index contributed by atoms with van der Waals surface area (Å²) >= 11 is 3.16. The maximum atomic E-state index is 13.7. The van der Waals surface area contributed by atoms with E-state index in [1.807, 2.05) is 0 Å². The number of amides is 2. The van der Waals surface area contributed by atoms with E-state index in [1.54, 1.807) is 19.1 Å². The Kier molecular flexibility index (Phi) is 5.94. The van der Waals surface area contributed by atoms with Gasteiger partial charge in [-0.2, -0.15) is 0 Å². The number of carboxylic acids is 1. The van der Waals surface area contributed by atoms with E-state index in [4.69, 9.17) is 5.11 Å². The van der Waals surface area contributed by atoms with Gasteiger partial charge >= 0.3 is 12.0 Å². The average molecular weight is 347 g/mol. The summed E-state index contributed by atoms with van der Waals surface area (Å²) < 4.78 is 14.4. The van der Waals surface area contributed by atoms with Crippen LogP contribution in [-0.4, -0.2) is 35.6 Å². The zero-order valence-corrected chi connectivity index (χ0v) is 12.8. The first-order valence-corrected chi connectivity index (χ1v) is 6.79. The second-order valence-corrected chi connectivity index (χ2v) is 5.32. The van der Waals surface area contributed by atoms with Crippen molar-refractivity contribution in [2.75, 3.05) is 13.6 Å². The number of hydrogen-bond donors (Lipinski definition) is 2. The minimum Gasteiger partial charge on any atom is -0.481 e. The SMILES string of the molecule is CC(NC(=O)N(C)CCC(=O)O)c1ccc(Br)cc1F. The van der Waals surface area contributed by atoms with Gasteiger partial charge in [-0.1, -0.05) is 22.0 Å². The first-order chi connectivity index (χ1) is 9.31. The van der Waals surface area contributed by atoms with Gasteiger partial charge in [0.25, 0.3) is 0 Å². The number of nitrogens with one attached hydrogen (secondary N) is 1. The van der Waals surface area contributed by atoms with Crippen molar-refractivity contribution in [2.45, 2.75) is 19.4 Å². The monoisotopic (exact) mass is 346 g/mol. The van der Waals surface area contributed by atoms with Crippen molar-refractivity contribution in [3.05, 3.63) is 34.1 Å². The number of benzene rings is 1. The third-order valence-electron chi connectivity index (χ3n) is 2.78. The molecule has 110 valence electrons. The highest BCUT2D eigenvalue weighted by molar-refractivity contribution is 9.10. The smallest absolute Gasteiger partial charge is 0.317 e. The standard InChI is InChI=1S/C13H16BrFN2O3/c1-8(10-4-3-9(14)7-11(10)15)16-13(20)17(2)6-5-12(18)19/h3-4,7-8H,5-6H2,1-2H3,(H,16,20)(H,18,19). The Morgan fingerprint density at radius 2 is 2.15 bits per heavy atom. The third kappa shape index (κ3) is 4.80. The first-order valence-electron chi connectivity index (χ1n) is 5.99. The van der Waals surface area contributed by atoms with Gasteiger partial charge in [-0.3, -0.25) is 4.79 Å². The lowest BCUT2D eigenvalue weighted by atomic mass is 10.1. The number of carboxylic acid groups (broad SMARTS) is 1. The average Bonchev–Trinajstić information content (AvgIpc) is 2.35. The Labute approximate surface area is 124 Å². The van der Waals surface area contributed by atoms with Crippen LogP contribution in [0.4, 0.5) is 9.18 Å². The van der Waals surface area contributed by atoms with E-state index in [2.05, 4.69) is 21.2 Å². The van der Waals surface area contributed by atoms with Crippen molar-refractivity contribution >= 4 is 27.9 Å². The summed E-state index contributed by atoms with van der Waals surface area (Å²) in [5.74, 6) is -1.39. The molecular formula is C13H16BrFN2O3. The molecule has 7 heteroatoms. The van der Waals surface area contributed by atoms with Crippen molar-refractivity contribution in [3.8, 4) is 0 Å². The van der Waals surface area contributed by atoms with Gasteiger partial charge in [0.05, 0.1) is 12.5 Å². The first kappa shape index (κ1) is 16.4. The normalized spacial score (nSPS) is 11.8. The Morgan fingerprint density at radius 3 is 2.70 bits per heavy atom. The van der Waals surface area contributed by atoms with Gasteiger partial charge in [0.2, 0.25) is 0 Å². The molecule has 0 radical (unpaired) electrons. The van der Waals surface area contributed by atoms with E-state index >= 15 is 0 Å². The van der Waals surface area contributed by atoms with Gasteiger partial charge in [0.15, 0.2) is 0 Å². The molecule has 0 spiro atoms. The molecule has 5 nitrogen and oxygen atoms in total. The number of hydrogen-bond acceptors (Lipinski definition) is 2. The molecule has 0 fully saturated rings. The molecule has 2 N–H and O–H groups in total. The predicted molar refractivity (Wildman–Crippen MR) is 75.9 cm³/mol. The molecule has 20 heavy (non-hydrogen) atoms. The van der Waals surface area contributed by atoms with Gasteiger partial charge in [0.1, 0.15) is 5.82 Å². The van der Waals surface area contributed by atoms with Crippen LogP contribution in [-0.2, 0) is 4.79 Å². The number of urea groups is 1. The number of carbonyl (C=O) groups excluding carboxylic acids is 1. The van der Waals surface area contributed by atoms with Crippen molar-refractivity contribution in [2.24, 2.45) is 0 Å². The number of carbonyl (C=O) groups is 2.